The number of carbonyl (C=O) groups excluding carboxylic acids is 2. The second-order valence-electron chi connectivity index (χ2n) is 3.54. The van der Waals surface area contributed by atoms with Crippen LogP contribution in [0.3, 0.4) is 0 Å². The van der Waals surface area contributed by atoms with Gasteiger partial charge >= 0.3 is 5.97 Å². The summed E-state index contributed by atoms with van der Waals surface area (Å²) in [6, 6.07) is 1.81. The molecule has 0 fully saturated rings. The highest BCUT2D eigenvalue weighted by Crippen LogP contribution is 2.21. The van der Waals surface area contributed by atoms with Gasteiger partial charge in [0.1, 0.15) is 6.07 Å². The summed E-state index contributed by atoms with van der Waals surface area (Å²) in [4.78, 5) is 22.4. The molecule has 1 aliphatic rings. The maximum atomic E-state index is 11.5. The molecule has 0 bridgehead atoms. The van der Waals surface area contributed by atoms with Crippen LogP contribution in [0.4, 0.5) is 0 Å². The van der Waals surface area contributed by atoms with E-state index < -0.39 is 18.1 Å². The van der Waals surface area contributed by atoms with Crippen molar-refractivity contribution in [1.29, 1.82) is 5.26 Å². The third-order valence-corrected chi connectivity index (χ3v) is 2.15. The summed E-state index contributed by atoms with van der Waals surface area (Å²) >= 11 is 0. The van der Waals surface area contributed by atoms with Crippen molar-refractivity contribution >= 4 is 11.9 Å². The topological polar surface area (TPSA) is 88.4 Å². The van der Waals surface area contributed by atoms with E-state index >= 15 is 0 Å². The van der Waals surface area contributed by atoms with E-state index in [4.69, 9.17) is 14.7 Å². The van der Waals surface area contributed by atoms with Crippen LogP contribution in [0.15, 0.2) is 11.8 Å². The Morgan fingerprint density at radius 2 is 2.41 bits per heavy atom. The Morgan fingerprint density at radius 3 is 2.94 bits per heavy atom. The molecule has 0 saturated carbocycles. The number of nitrogens with one attached hydrogen (secondary N) is 1. The number of allylic oxidation sites excluding steroid dienone is 1. The summed E-state index contributed by atoms with van der Waals surface area (Å²) in [5.41, 5.74) is 0. The first-order chi connectivity index (χ1) is 8.06. The zero-order valence-electron chi connectivity index (χ0n) is 9.73. The quantitative estimate of drug-likeness (QED) is 0.721. The van der Waals surface area contributed by atoms with Gasteiger partial charge in [0.15, 0.2) is 12.0 Å². The van der Waals surface area contributed by atoms with Crippen molar-refractivity contribution in [1.82, 2.24) is 5.32 Å². The van der Waals surface area contributed by atoms with Gasteiger partial charge in [0.05, 0.1) is 12.5 Å². The highest BCUT2D eigenvalue weighted by molar-refractivity contribution is 5.76. The molecule has 17 heavy (non-hydrogen) atoms. The van der Waals surface area contributed by atoms with Gasteiger partial charge in [-0.15, -0.1) is 0 Å². The fourth-order valence-electron chi connectivity index (χ4n) is 1.51. The molecule has 6 heteroatoms. The van der Waals surface area contributed by atoms with Crippen LogP contribution in [0.5, 0.6) is 0 Å². The lowest BCUT2D eigenvalue weighted by molar-refractivity contribution is -0.148. The molecule has 1 N–H and O–H groups in total. The number of nitrogens with zero attached hydrogens (tertiary/aromatic N) is 1. The van der Waals surface area contributed by atoms with Crippen molar-refractivity contribution in [3.05, 3.63) is 11.8 Å². The van der Waals surface area contributed by atoms with Crippen LogP contribution < -0.4 is 5.32 Å². The summed E-state index contributed by atoms with van der Waals surface area (Å²) in [7, 11) is 0. The lowest BCUT2D eigenvalue weighted by atomic mass is 10.0. The van der Waals surface area contributed by atoms with Gasteiger partial charge in [-0.1, -0.05) is 0 Å². The van der Waals surface area contributed by atoms with Crippen LogP contribution in [0, 0.1) is 17.2 Å². The van der Waals surface area contributed by atoms with E-state index in [9.17, 15) is 9.59 Å². The summed E-state index contributed by atoms with van der Waals surface area (Å²) in [5.74, 6) is -1.24. The minimum atomic E-state index is -0.665. The van der Waals surface area contributed by atoms with E-state index in [0.29, 0.717) is 0 Å². The first-order valence-corrected chi connectivity index (χ1v) is 5.29. The molecule has 1 amide bonds. The maximum Gasteiger partial charge on any atom is 0.313 e. The first kappa shape index (κ1) is 13.0. The van der Waals surface area contributed by atoms with Gasteiger partial charge in [0.25, 0.3) is 0 Å². The van der Waals surface area contributed by atoms with Crippen LogP contribution in [0.1, 0.15) is 20.3 Å². The summed E-state index contributed by atoms with van der Waals surface area (Å²) in [6.07, 6.45) is 1.02. The van der Waals surface area contributed by atoms with Crippen molar-refractivity contribution in [2.45, 2.75) is 26.5 Å². The number of hydrogen-bond acceptors (Lipinski definition) is 5. The Kier molecular flexibility index (Phi) is 4.52. The molecule has 0 aromatic rings. The molecule has 6 nitrogen and oxygen atoms in total. The maximum absolute atomic E-state index is 11.5. The van der Waals surface area contributed by atoms with Crippen molar-refractivity contribution in [3.8, 4) is 6.07 Å². The number of ether oxygens (including phenoxy) is 2. The smallest absolute Gasteiger partial charge is 0.313 e. The van der Waals surface area contributed by atoms with E-state index in [1.54, 1.807) is 6.92 Å². The molecule has 0 saturated heterocycles. The Hall–Kier alpha value is -2.03. The third-order valence-electron chi connectivity index (χ3n) is 2.15. The van der Waals surface area contributed by atoms with Crippen LogP contribution in [0.25, 0.3) is 0 Å². The Bertz CT molecular complexity index is 383. The zero-order valence-corrected chi connectivity index (χ0v) is 9.73. The molecule has 1 aliphatic heterocycles. The lowest BCUT2D eigenvalue weighted by Crippen LogP contribution is -2.40. The highest BCUT2D eigenvalue weighted by Gasteiger charge is 2.29. The van der Waals surface area contributed by atoms with Gasteiger partial charge in [-0.05, 0) is 13.0 Å². The summed E-state index contributed by atoms with van der Waals surface area (Å²) in [6.45, 7) is 3.32. The van der Waals surface area contributed by atoms with Crippen LogP contribution in [-0.4, -0.2) is 24.7 Å². The molecule has 0 aromatic heterocycles. The Morgan fingerprint density at radius 1 is 1.71 bits per heavy atom. The molecule has 92 valence electrons. The normalized spacial score (nSPS) is 22.8. The van der Waals surface area contributed by atoms with Gasteiger partial charge in [-0.2, -0.15) is 5.26 Å². The van der Waals surface area contributed by atoms with E-state index in [1.807, 2.05) is 6.07 Å². The summed E-state index contributed by atoms with van der Waals surface area (Å²) in [5, 5.41) is 11.3. The van der Waals surface area contributed by atoms with Crippen molar-refractivity contribution in [3.63, 3.8) is 0 Å². The van der Waals surface area contributed by atoms with Gasteiger partial charge in [-0.3, -0.25) is 9.59 Å². The number of carbonyl (C=O) groups is 2. The Labute approximate surface area is 99.2 Å². The van der Waals surface area contributed by atoms with Crippen LogP contribution >= 0.6 is 0 Å². The first-order valence-electron chi connectivity index (χ1n) is 5.29. The SMILES string of the molecule is CCOC(=O)C1C=C(C#N)OC(NC(C)=O)C1. The van der Waals surface area contributed by atoms with Crippen molar-refractivity contribution < 1.29 is 19.1 Å². The fourth-order valence-corrected chi connectivity index (χ4v) is 1.51. The average Bonchev–Trinajstić information content (AvgIpc) is 2.28. The number of nitriles is 1. The minimum absolute atomic E-state index is 0.0213. The standard InChI is InChI=1S/C11H14N2O4/c1-3-16-11(15)8-4-9(6-12)17-10(5-8)13-7(2)14/h4,8,10H,3,5H2,1-2H3,(H,13,14). The Balaban J connectivity index is 2.74. The molecule has 0 spiro atoms. The molecule has 1 rings (SSSR count). The molecule has 0 radical (unpaired) electrons. The molecule has 0 aromatic carbocycles. The van der Waals surface area contributed by atoms with Crippen molar-refractivity contribution in [2.75, 3.05) is 6.61 Å². The average molecular weight is 238 g/mol. The largest absolute Gasteiger partial charge is 0.466 e. The zero-order chi connectivity index (χ0) is 12.8. The van der Waals surface area contributed by atoms with Crippen LogP contribution in [-0.2, 0) is 19.1 Å². The monoisotopic (exact) mass is 238 g/mol. The van der Waals surface area contributed by atoms with Crippen LogP contribution in [0.2, 0.25) is 0 Å². The number of hydrogen-bond donors (Lipinski definition) is 1. The number of amides is 1. The number of rotatable bonds is 3. The second-order valence-corrected chi connectivity index (χ2v) is 3.54. The van der Waals surface area contributed by atoms with Crippen molar-refractivity contribution in [2.24, 2.45) is 5.92 Å². The third kappa shape index (κ3) is 3.79. The lowest BCUT2D eigenvalue weighted by Gasteiger charge is -2.26. The molecule has 2 unspecified atom stereocenters. The van der Waals surface area contributed by atoms with Gasteiger partial charge in [-0.25, -0.2) is 0 Å². The molecular weight excluding hydrogens is 224 g/mol. The molecule has 0 aliphatic carbocycles. The highest BCUT2D eigenvalue weighted by atomic mass is 16.5. The van der Waals surface area contributed by atoms with Gasteiger partial charge in [0.2, 0.25) is 5.91 Å². The van der Waals surface area contributed by atoms with Gasteiger partial charge in [0, 0.05) is 13.3 Å². The van der Waals surface area contributed by atoms with E-state index in [2.05, 4.69) is 5.32 Å². The minimum Gasteiger partial charge on any atom is -0.466 e. The second kappa shape index (κ2) is 5.89. The molecular formula is C11H14N2O4. The fraction of sp³-hybridized carbons (Fsp3) is 0.545. The van der Waals surface area contributed by atoms with Gasteiger partial charge < -0.3 is 14.8 Å². The van der Waals surface area contributed by atoms with E-state index in [0.717, 1.165) is 0 Å². The predicted molar refractivity (Wildman–Crippen MR) is 57.1 cm³/mol. The predicted octanol–water partition coefficient (Wildman–Crippen LogP) is 0.456. The molecule has 1 heterocycles. The van der Waals surface area contributed by atoms with E-state index in [1.165, 1.54) is 13.0 Å². The van der Waals surface area contributed by atoms with E-state index in [-0.39, 0.29) is 24.7 Å². The molecule has 2 atom stereocenters. The number of esters is 1. The summed E-state index contributed by atoms with van der Waals surface area (Å²) < 4.78 is 10.0.